The summed E-state index contributed by atoms with van der Waals surface area (Å²) in [5.41, 5.74) is 0. The van der Waals surface area contributed by atoms with Gasteiger partial charge in [0.15, 0.2) is 5.79 Å². The van der Waals surface area contributed by atoms with E-state index in [0.717, 1.165) is 25.7 Å². The molecule has 0 amide bonds. The van der Waals surface area contributed by atoms with Crippen LogP contribution in [-0.4, -0.2) is 39.2 Å². The van der Waals surface area contributed by atoms with E-state index in [9.17, 15) is 8.42 Å². The van der Waals surface area contributed by atoms with Crippen molar-refractivity contribution in [1.29, 1.82) is 0 Å². The summed E-state index contributed by atoms with van der Waals surface area (Å²) >= 11 is 0. The molecule has 2 aliphatic rings. The first kappa shape index (κ1) is 13.3. The molecule has 1 saturated heterocycles. The second-order valence-corrected chi connectivity index (χ2v) is 6.69. The number of sulfonamides is 1. The minimum Gasteiger partial charge on any atom is -0.348 e. The highest BCUT2D eigenvalue weighted by Crippen LogP contribution is 2.35. The van der Waals surface area contributed by atoms with Crippen LogP contribution in [0.5, 0.6) is 0 Å². The summed E-state index contributed by atoms with van der Waals surface area (Å²) in [6, 6.07) is 0.0463. The second-order valence-electron chi connectivity index (χ2n) is 4.82. The third-order valence-corrected chi connectivity index (χ3v) is 5.02. The molecule has 100 valence electrons. The number of hydrogen-bond donors (Lipinski definition) is 1. The molecule has 6 heteroatoms. The van der Waals surface area contributed by atoms with Crippen molar-refractivity contribution in [2.24, 2.45) is 0 Å². The smallest absolute Gasteiger partial charge is 0.211 e. The van der Waals surface area contributed by atoms with Crippen LogP contribution in [0.4, 0.5) is 0 Å². The second kappa shape index (κ2) is 5.22. The Morgan fingerprint density at radius 3 is 2.35 bits per heavy atom. The van der Waals surface area contributed by atoms with E-state index >= 15 is 0 Å². The molecule has 2 fully saturated rings. The summed E-state index contributed by atoms with van der Waals surface area (Å²) in [6.45, 7) is 3.19. The number of ether oxygens (including phenoxy) is 2. The molecule has 0 atom stereocenters. The molecular formula is C11H21NO4S. The maximum Gasteiger partial charge on any atom is 0.211 e. The van der Waals surface area contributed by atoms with Gasteiger partial charge in [0.1, 0.15) is 0 Å². The molecule has 1 saturated carbocycles. The van der Waals surface area contributed by atoms with Crippen LogP contribution in [0.1, 0.15) is 39.0 Å². The Balaban J connectivity index is 1.83. The largest absolute Gasteiger partial charge is 0.348 e. The average Bonchev–Trinajstić information content (AvgIpc) is 2.70. The third kappa shape index (κ3) is 3.40. The maximum atomic E-state index is 11.6. The van der Waals surface area contributed by atoms with Crippen molar-refractivity contribution in [3.05, 3.63) is 0 Å². The first-order chi connectivity index (χ1) is 8.05. The lowest BCUT2D eigenvalue weighted by atomic mass is 9.91. The van der Waals surface area contributed by atoms with Gasteiger partial charge in [-0.2, -0.15) is 0 Å². The third-order valence-electron chi connectivity index (χ3n) is 3.38. The van der Waals surface area contributed by atoms with Crippen molar-refractivity contribution < 1.29 is 17.9 Å². The molecule has 1 aliphatic heterocycles. The monoisotopic (exact) mass is 263 g/mol. The van der Waals surface area contributed by atoms with Crippen molar-refractivity contribution in [1.82, 2.24) is 4.72 Å². The molecule has 1 N–H and O–H groups in total. The molecule has 1 heterocycles. The summed E-state index contributed by atoms with van der Waals surface area (Å²) in [7, 11) is -3.10. The molecule has 0 bridgehead atoms. The number of nitrogens with one attached hydrogen (secondary N) is 1. The molecular weight excluding hydrogens is 242 g/mol. The van der Waals surface area contributed by atoms with E-state index in [1.807, 2.05) is 6.92 Å². The average molecular weight is 263 g/mol. The Morgan fingerprint density at radius 1 is 1.24 bits per heavy atom. The quantitative estimate of drug-likeness (QED) is 0.822. The lowest BCUT2D eigenvalue weighted by molar-refractivity contribution is -0.178. The highest BCUT2D eigenvalue weighted by atomic mass is 32.2. The van der Waals surface area contributed by atoms with Gasteiger partial charge in [-0.15, -0.1) is 0 Å². The van der Waals surface area contributed by atoms with Gasteiger partial charge in [0.05, 0.1) is 19.0 Å². The summed E-state index contributed by atoms with van der Waals surface area (Å²) in [5, 5.41) is 0. The lowest BCUT2D eigenvalue weighted by Crippen LogP contribution is -2.44. The van der Waals surface area contributed by atoms with Gasteiger partial charge in [-0.3, -0.25) is 0 Å². The van der Waals surface area contributed by atoms with Gasteiger partial charge in [0.2, 0.25) is 10.0 Å². The van der Waals surface area contributed by atoms with Crippen molar-refractivity contribution in [2.45, 2.75) is 50.9 Å². The Labute approximate surface area is 103 Å². The van der Waals surface area contributed by atoms with Gasteiger partial charge in [-0.1, -0.05) is 6.92 Å². The molecule has 0 aromatic carbocycles. The number of hydrogen-bond acceptors (Lipinski definition) is 4. The van der Waals surface area contributed by atoms with E-state index in [1.165, 1.54) is 0 Å². The predicted octanol–water partition coefficient (Wildman–Crippen LogP) is 1.00. The normalized spacial score (nSPS) is 25.5. The fourth-order valence-corrected chi connectivity index (χ4v) is 3.94. The summed E-state index contributed by atoms with van der Waals surface area (Å²) in [4.78, 5) is 0. The lowest BCUT2D eigenvalue weighted by Gasteiger charge is -2.35. The zero-order chi connectivity index (χ0) is 12.4. The summed E-state index contributed by atoms with van der Waals surface area (Å²) in [5.74, 6) is -0.200. The minimum absolute atomic E-state index is 0.0463. The summed E-state index contributed by atoms with van der Waals surface area (Å²) < 4.78 is 37.3. The Kier molecular flexibility index (Phi) is 4.07. The maximum absolute atomic E-state index is 11.6. The highest BCUT2D eigenvalue weighted by molar-refractivity contribution is 7.89. The van der Waals surface area contributed by atoms with E-state index < -0.39 is 15.8 Å². The fraction of sp³-hybridized carbons (Fsp3) is 1.00. The fourth-order valence-electron chi connectivity index (χ4n) is 2.54. The van der Waals surface area contributed by atoms with Crippen LogP contribution in [0.2, 0.25) is 0 Å². The van der Waals surface area contributed by atoms with Crippen molar-refractivity contribution >= 4 is 10.0 Å². The molecule has 0 unspecified atom stereocenters. The van der Waals surface area contributed by atoms with E-state index in [0.29, 0.717) is 19.6 Å². The van der Waals surface area contributed by atoms with Crippen LogP contribution in [0.15, 0.2) is 0 Å². The molecule has 5 nitrogen and oxygen atoms in total. The van der Waals surface area contributed by atoms with Gasteiger partial charge in [0.25, 0.3) is 0 Å². The van der Waals surface area contributed by atoms with Crippen LogP contribution in [0.3, 0.4) is 0 Å². The van der Waals surface area contributed by atoms with Crippen molar-refractivity contribution in [2.75, 3.05) is 19.0 Å². The van der Waals surface area contributed by atoms with Crippen LogP contribution in [0, 0.1) is 0 Å². The van der Waals surface area contributed by atoms with Gasteiger partial charge >= 0.3 is 0 Å². The van der Waals surface area contributed by atoms with E-state index in [2.05, 4.69) is 4.72 Å². The van der Waals surface area contributed by atoms with Crippen LogP contribution in [0.25, 0.3) is 0 Å². The Hall–Kier alpha value is -0.170. The minimum atomic E-state index is -3.10. The van der Waals surface area contributed by atoms with E-state index in [1.54, 1.807) is 0 Å². The van der Waals surface area contributed by atoms with Crippen molar-refractivity contribution in [3.63, 3.8) is 0 Å². The molecule has 0 radical (unpaired) electrons. The van der Waals surface area contributed by atoms with E-state index in [-0.39, 0.29) is 11.8 Å². The topological polar surface area (TPSA) is 64.6 Å². The molecule has 1 spiro atoms. The van der Waals surface area contributed by atoms with Gasteiger partial charge in [0, 0.05) is 18.9 Å². The molecule has 17 heavy (non-hydrogen) atoms. The number of rotatable bonds is 4. The van der Waals surface area contributed by atoms with Crippen LogP contribution >= 0.6 is 0 Å². The molecule has 0 aromatic rings. The first-order valence-corrected chi connectivity index (χ1v) is 7.98. The molecule has 1 aliphatic carbocycles. The predicted molar refractivity (Wildman–Crippen MR) is 64.1 cm³/mol. The standard InChI is InChI=1S/C11H21NO4S/c1-2-9-17(13,14)12-10-3-5-11(6-4-10)15-7-8-16-11/h10,12H,2-9H2,1H3. The first-order valence-electron chi connectivity index (χ1n) is 6.33. The van der Waals surface area contributed by atoms with Gasteiger partial charge in [-0.25, -0.2) is 13.1 Å². The van der Waals surface area contributed by atoms with Crippen molar-refractivity contribution in [3.8, 4) is 0 Å². The van der Waals surface area contributed by atoms with Crippen LogP contribution in [-0.2, 0) is 19.5 Å². The van der Waals surface area contributed by atoms with Gasteiger partial charge < -0.3 is 9.47 Å². The highest BCUT2D eigenvalue weighted by Gasteiger charge is 2.40. The Morgan fingerprint density at radius 2 is 1.82 bits per heavy atom. The molecule has 0 aromatic heterocycles. The summed E-state index contributed by atoms with van der Waals surface area (Å²) in [6.07, 6.45) is 3.81. The SMILES string of the molecule is CCCS(=O)(=O)NC1CCC2(CC1)OCCO2. The zero-order valence-corrected chi connectivity index (χ0v) is 11.1. The Bertz CT molecular complexity index is 338. The van der Waals surface area contributed by atoms with Crippen LogP contribution < -0.4 is 4.72 Å². The molecule has 2 rings (SSSR count). The zero-order valence-electron chi connectivity index (χ0n) is 10.3. The van der Waals surface area contributed by atoms with E-state index in [4.69, 9.17) is 9.47 Å². The van der Waals surface area contributed by atoms with Gasteiger partial charge in [-0.05, 0) is 19.3 Å².